The summed E-state index contributed by atoms with van der Waals surface area (Å²) in [6.45, 7) is 1.74. The van der Waals surface area contributed by atoms with Crippen molar-refractivity contribution in [3.8, 4) is 0 Å². The van der Waals surface area contributed by atoms with Gasteiger partial charge >= 0.3 is 0 Å². The maximum Gasteiger partial charge on any atom is 0.261 e. The molecule has 1 aliphatic carbocycles. The number of aromatic nitrogens is 1. The number of hydrogen-bond acceptors (Lipinski definition) is 5. The minimum Gasteiger partial charge on any atom is -0.352 e. The lowest BCUT2D eigenvalue weighted by Crippen LogP contribution is -2.64. The second-order valence-corrected chi connectivity index (χ2v) is 10.1. The Morgan fingerprint density at radius 3 is 2.88 bits per heavy atom. The number of thiophene rings is 1. The van der Waals surface area contributed by atoms with Crippen LogP contribution in [0.5, 0.6) is 0 Å². The fourth-order valence-corrected chi connectivity index (χ4v) is 6.01. The van der Waals surface area contributed by atoms with Gasteiger partial charge in [-0.15, -0.1) is 23.7 Å². The highest BCUT2D eigenvalue weighted by Gasteiger charge is 2.45. The van der Waals surface area contributed by atoms with Crippen LogP contribution in [0.25, 0.3) is 10.9 Å². The second-order valence-electron chi connectivity index (χ2n) is 8.54. The highest BCUT2D eigenvalue weighted by atomic mass is 35.5. The van der Waals surface area contributed by atoms with E-state index >= 15 is 0 Å². The lowest BCUT2D eigenvalue weighted by molar-refractivity contribution is 0.0756. The van der Waals surface area contributed by atoms with Gasteiger partial charge in [-0.25, -0.2) is 0 Å². The Morgan fingerprint density at radius 2 is 2.06 bits per heavy atom. The summed E-state index contributed by atoms with van der Waals surface area (Å²) in [4.78, 5) is 31.7. The van der Waals surface area contributed by atoms with Crippen LogP contribution in [-0.4, -0.2) is 34.8 Å². The molecule has 0 bridgehead atoms. The average molecular weight is 493 g/mol. The lowest BCUT2D eigenvalue weighted by Gasteiger charge is -2.40. The Kier molecular flexibility index (Phi) is 6.66. The van der Waals surface area contributed by atoms with E-state index in [1.165, 1.54) is 10.4 Å². The number of carbonyl (C=O) groups excluding carboxylic acids is 2. The zero-order valence-electron chi connectivity index (χ0n) is 17.5. The van der Waals surface area contributed by atoms with Crippen molar-refractivity contribution in [2.75, 3.05) is 6.54 Å². The molecule has 5 N–H and O–H groups in total. The number of H-pyrrole nitrogens is 1. The number of hydrogen-bond donors (Lipinski definition) is 4. The van der Waals surface area contributed by atoms with E-state index in [4.69, 9.17) is 17.3 Å². The number of ketones is 1. The largest absolute Gasteiger partial charge is 0.352 e. The third-order valence-corrected chi connectivity index (χ3v) is 7.95. The van der Waals surface area contributed by atoms with E-state index in [2.05, 4.69) is 15.6 Å². The minimum atomic E-state index is -1.14. The van der Waals surface area contributed by atoms with Crippen LogP contribution < -0.4 is 16.4 Å². The van der Waals surface area contributed by atoms with Crippen LogP contribution in [0.1, 0.15) is 56.3 Å². The summed E-state index contributed by atoms with van der Waals surface area (Å²) in [5.74, 6) is -0.308. The normalized spacial score (nSPS) is 22.8. The van der Waals surface area contributed by atoms with Crippen molar-refractivity contribution in [2.24, 2.45) is 5.73 Å². The van der Waals surface area contributed by atoms with Gasteiger partial charge in [-0.3, -0.25) is 9.59 Å². The summed E-state index contributed by atoms with van der Waals surface area (Å²) >= 11 is 7.63. The van der Waals surface area contributed by atoms with Crippen molar-refractivity contribution in [2.45, 2.75) is 50.2 Å². The van der Waals surface area contributed by atoms with Gasteiger partial charge < -0.3 is 21.4 Å². The number of nitrogens with one attached hydrogen (secondary N) is 3. The number of halogens is 2. The molecule has 1 saturated carbocycles. The summed E-state index contributed by atoms with van der Waals surface area (Å²) < 4.78 is 0. The lowest BCUT2D eigenvalue weighted by atomic mass is 9.74. The van der Waals surface area contributed by atoms with Crippen LogP contribution in [0.2, 0.25) is 5.02 Å². The molecule has 170 valence electrons. The average Bonchev–Trinajstić information content (AvgIpc) is 3.38. The molecule has 2 unspecified atom stereocenters. The van der Waals surface area contributed by atoms with Gasteiger partial charge in [0.15, 0.2) is 0 Å². The van der Waals surface area contributed by atoms with Gasteiger partial charge in [0.2, 0.25) is 5.78 Å². The highest BCUT2D eigenvalue weighted by Crippen LogP contribution is 2.32. The maximum atomic E-state index is 13.5. The van der Waals surface area contributed by atoms with Crippen molar-refractivity contribution in [3.63, 3.8) is 0 Å². The summed E-state index contributed by atoms with van der Waals surface area (Å²) in [5, 5.41) is 7.92. The SMILES string of the molecule is Cl.NC1(C(=O)c2cc3cc(Cl)ccc3[nH]2)CCCCC1NC(=O)c1cc2c(s1)CCNC2. The standard InChI is InChI=1S/C23H25ClN4O2S.ClH/c24-15-4-5-16-13(9-15)10-17(27-16)21(29)23(25)7-2-1-3-20(23)28-22(30)19-11-14-12-26-8-6-18(14)31-19;/h4-5,9-11,20,26-27H,1-3,6-8,12,25H2,(H,28,30);1H. The van der Waals surface area contributed by atoms with Gasteiger partial charge in [-0.1, -0.05) is 24.4 Å². The number of Topliss-reactive ketones (excluding diaryl/α,β-unsaturated/α-hetero) is 1. The first kappa shape index (κ1) is 23.3. The molecule has 0 radical (unpaired) electrons. The Labute approximate surface area is 201 Å². The molecular formula is C23H26Cl2N4O2S. The Bertz CT molecular complexity index is 1150. The van der Waals surface area contributed by atoms with Gasteiger partial charge in [0, 0.05) is 33.9 Å². The first-order valence-electron chi connectivity index (χ1n) is 10.7. The Hall–Kier alpha value is -1.90. The molecule has 3 heterocycles. The van der Waals surface area contributed by atoms with Gasteiger partial charge in [0.25, 0.3) is 5.91 Å². The molecule has 5 rings (SSSR count). The monoisotopic (exact) mass is 492 g/mol. The number of fused-ring (bicyclic) bond motifs is 2. The van der Waals surface area contributed by atoms with Crippen molar-refractivity contribution >= 4 is 57.9 Å². The van der Waals surface area contributed by atoms with Crippen molar-refractivity contribution < 1.29 is 9.59 Å². The van der Waals surface area contributed by atoms with Crippen LogP contribution in [0.4, 0.5) is 0 Å². The van der Waals surface area contributed by atoms with E-state index in [0.29, 0.717) is 28.4 Å². The van der Waals surface area contributed by atoms with Crippen LogP contribution in [-0.2, 0) is 13.0 Å². The van der Waals surface area contributed by atoms with Crippen LogP contribution in [0, 0.1) is 0 Å². The van der Waals surface area contributed by atoms with E-state index in [9.17, 15) is 9.59 Å². The zero-order valence-corrected chi connectivity index (χ0v) is 19.9. The second kappa shape index (κ2) is 9.15. The molecule has 0 saturated heterocycles. The molecule has 3 aromatic rings. The van der Waals surface area contributed by atoms with E-state index < -0.39 is 11.6 Å². The summed E-state index contributed by atoms with van der Waals surface area (Å²) in [6, 6.07) is 8.81. The van der Waals surface area contributed by atoms with E-state index in [1.54, 1.807) is 23.5 Å². The molecule has 2 atom stereocenters. The number of rotatable bonds is 4. The molecule has 1 aliphatic heterocycles. The quantitative estimate of drug-likeness (QED) is 0.410. The van der Waals surface area contributed by atoms with Crippen LogP contribution >= 0.6 is 35.3 Å². The molecule has 1 fully saturated rings. The number of carbonyl (C=O) groups is 2. The van der Waals surface area contributed by atoms with Gasteiger partial charge in [-0.05, 0) is 55.2 Å². The molecule has 2 aliphatic rings. The molecular weight excluding hydrogens is 467 g/mol. The summed E-state index contributed by atoms with van der Waals surface area (Å²) in [6.07, 6.45) is 3.97. The third kappa shape index (κ3) is 4.20. The first-order valence-corrected chi connectivity index (χ1v) is 11.9. The smallest absolute Gasteiger partial charge is 0.261 e. The molecule has 2 aromatic heterocycles. The fraction of sp³-hybridized carbons (Fsp3) is 0.391. The van der Waals surface area contributed by atoms with Gasteiger partial charge in [0.05, 0.1) is 16.6 Å². The number of aromatic amines is 1. The maximum absolute atomic E-state index is 13.5. The first-order chi connectivity index (χ1) is 14.9. The highest BCUT2D eigenvalue weighted by molar-refractivity contribution is 7.14. The topological polar surface area (TPSA) is 100 Å². The van der Waals surface area contributed by atoms with E-state index in [-0.39, 0.29) is 24.1 Å². The minimum absolute atomic E-state index is 0. The Balaban J connectivity index is 0.00000245. The van der Waals surface area contributed by atoms with Crippen molar-refractivity contribution in [3.05, 3.63) is 56.4 Å². The molecule has 1 aromatic carbocycles. The molecule has 0 spiro atoms. The molecule has 1 amide bonds. The number of benzene rings is 1. The third-order valence-electron chi connectivity index (χ3n) is 6.48. The summed E-state index contributed by atoms with van der Waals surface area (Å²) in [5.41, 5.74) is 8.08. The molecule has 6 nitrogen and oxygen atoms in total. The number of nitrogens with two attached hydrogens (primary N) is 1. The molecule has 9 heteroatoms. The summed E-state index contributed by atoms with van der Waals surface area (Å²) in [7, 11) is 0. The van der Waals surface area contributed by atoms with E-state index in [1.807, 2.05) is 18.2 Å². The van der Waals surface area contributed by atoms with Crippen LogP contribution in [0.3, 0.4) is 0 Å². The van der Waals surface area contributed by atoms with Crippen LogP contribution in [0.15, 0.2) is 30.3 Å². The Morgan fingerprint density at radius 1 is 1.22 bits per heavy atom. The predicted molar refractivity (Wildman–Crippen MR) is 131 cm³/mol. The van der Waals surface area contributed by atoms with E-state index in [0.717, 1.165) is 43.3 Å². The van der Waals surface area contributed by atoms with Crippen molar-refractivity contribution in [1.82, 2.24) is 15.6 Å². The van der Waals surface area contributed by atoms with Crippen molar-refractivity contribution in [1.29, 1.82) is 0 Å². The predicted octanol–water partition coefficient (Wildman–Crippen LogP) is 4.20. The molecule has 32 heavy (non-hydrogen) atoms. The van der Waals surface area contributed by atoms with Gasteiger partial charge in [-0.2, -0.15) is 0 Å². The zero-order chi connectivity index (χ0) is 21.6. The van der Waals surface area contributed by atoms with Gasteiger partial charge in [0.1, 0.15) is 5.54 Å². The number of amides is 1. The fourth-order valence-electron chi connectivity index (χ4n) is 4.74.